The fourth-order valence-corrected chi connectivity index (χ4v) is 0.141. The highest BCUT2D eigenvalue weighted by Gasteiger charge is 1.77. The molecule has 9 heavy (non-hydrogen) atoms. The number of rotatable bonds is 1. The van der Waals surface area contributed by atoms with Crippen LogP contribution >= 0.6 is 0 Å². The maximum absolute atomic E-state index is 4.98. The second kappa shape index (κ2) is 4.50. The number of hydrogen-bond acceptors (Lipinski definition) is 4. The summed E-state index contributed by atoms with van der Waals surface area (Å²) in [5.74, 6) is 9.22. The lowest BCUT2D eigenvalue weighted by molar-refractivity contribution is 1.17. The van der Waals surface area contributed by atoms with Crippen LogP contribution in [0.25, 0.3) is 0 Å². The maximum Gasteiger partial charge on any atom is 0.256 e. The molecule has 6 N–H and O–H groups in total. The Morgan fingerprint density at radius 1 is 1.33 bits per heavy atom. The minimum Gasteiger partial charge on any atom is -0.365 e. The highest BCUT2D eigenvalue weighted by atomic mass is 15.3. The summed E-state index contributed by atoms with van der Waals surface area (Å²) in [6.07, 6.45) is 1.01. The summed E-state index contributed by atoms with van der Waals surface area (Å²) in [7, 11) is 0. The topological polar surface area (TPSA) is 127 Å². The van der Waals surface area contributed by atoms with Gasteiger partial charge in [-0.2, -0.15) is 5.10 Å². The molecule has 0 saturated carbocycles. The summed E-state index contributed by atoms with van der Waals surface area (Å²) in [6.45, 7) is 0. The third-order valence-corrected chi connectivity index (χ3v) is 0.411. The largest absolute Gasteiger partial charge is 0.365 e. The Kier molecular flexibility index (Phi) is 3.67. The third kappa shape index (κ3) is 4.19. The van der Waals surface area contributed by atoms with Crippen molar-refractivity contribution in [3.05, 3.63) is 0 Å². The molecular formula is C2H7N7. The van der Waals surface area contributed by atoms with Crippen molar-refractivity contribution in [2.75, 3.05) is 0 Å². The summed E-state index contributed by atoms with van der Waals surface area (Å²) in [4.78, 5) is 0. The molecule has 0 aliphatic heterocycles. The van der Waals surface area contributed by atoms with Crippen molar-refractivity contribution < 1.29 is 0 Å². The molecule has 0 radical (unpaired) electrons. The normalized spacial score (nSPS) is 13.6. The van der Waals surface area contributed by atoms with E-state index in [1.54, 1.807) is 0 Å². The van der Waals surface area contributed by atoms with Gasteiger partial charge in [-0.3, -0.25) is 0 Å². The van der Waals surface area contributed by atoms with Gasteiger partial charge in [-0.15, -0.1) is 15.3 Å². The Morgan fingerprint density at radius 2 is 2.00 bits per heavy atom. The zero-order valence-corrected chi connectivity index (χ0v) is 4.60. The van der Waals surface area contributed by atoms with E-state index in [2.05, 4.69) is 32.1 Å². The molecule has 0 aromatic heterocycles. The Balaban J connectivity index is 3.71. The Hall–Kier alpha value is -1.66. The van der Waals surface area contributed by atoms with Crippen molar-refractivity contribution in [3.8, 4) is 0 Å². The number of guanidine groups is 1. The summed E-state index contributed by atoms with van der Waals surface area (Å²) in [6, 6.07) is 0. The van der Waals surface area contributed by atoms with E-state index in [9.17, 15) is 0 Å². The Morgan fingerprint density at radius 3 is 2.44 bits per heavy atom. The highest BCUT2D eigenvalue weighted by molar-refractivity contribution is 5.78. The average molecular weight is 129 g/mol. The summed E-state index contributed by atoms with van der Waals surface area (Å²) in [5.41, 5.74) is 4.98. The average Bonchev–Trinajstić information content (AvgIpc) is 1.89. The minimum atomic E-state index is -0.130. The van der Waals surface area contributed by atoms with Gasteiger partial charge >= 0.3 is 0 Å². The van der Waals surface area contributed by atoms with Gasteiger partial charge in [0.25, 0.3) is 5.96 Å². The lowest BCUT2D eigenvalue weighted by atomic mass is 11.1. The van der Waals surface area contributed by atoms with E-state index in [4.69, 9.17) is 5.73 Å². The molecule has 0 atom stereocenters. The van der Waals surface area contributed by atoms with Gasteiger partial charge in [-0.25, -0.2) is 0 Å². The third-order valence-electron chi connectivity index (χ3n) is 0.411. The van der Waals surface area contributed by atoms with Crippen LogP contribution in [0.5, 0.6) is 0 Å². The quantitative estimate of drug-likeness (QED) is 0.131. The molecule has 0 bridgehead atoms. The van der Waals surface area contributed by atoms with Crippen LogP contribution in [0.15, 0.2) is 20.4 Å². The van der Waals surface area contributed by atoms with Gasteiger partial charge in [-0.1, -0.05) is 0 Å². The fraction of sp³-hybridized carbons (Fsp3) is 0. The second-order valence-corrected chi connectivity index (χ2v) is 0.967. The molecule has 0 aliphatic rings. The Bertz CT molecular complexity index is 143. The van der Waals surface area contributed by atoms with Gasteiger partial charge in [-0.05, 0) is 0 Å². The number of nitrogens with two attached hydrogens (primary N) is 3. The molecule has 0 fully saturated rings. The van der Waals surface area contributed by atoms with E-state index >= 15 is 0 Å². The molecule has 0 aromatic carbocycles. The first-order valence-corrected chi connectivity index (χ1v) is 1.97. The lowest BCUT2D eigenvalue weighted by Gasteiger charge is -1.80. The Labute approximate surface area is 51.3 Å². The molecular weight excluding hydrogens is 122 g/mol. The fourth-order valence-electron chi connectivity index (χ4n) is 0.141. The van der Waals surface area contributed by atoms with E-state index in [-0.39, 0.29) is 5.96 Å². The molecule has 0 aliphatic carbocycles. The van der Waals surface area contributed by atoms with Gasteiger partial charge in [0.05, 0.1) is 0 Å². The molecule has 0 rings (SSSR count). The van der Waals surface area contributed by atoms with Crippen molar-refractivity contribution in [3.63, 3.8) is 0 Å². The van der Waals surface area contributed by atoms with E-state index in [0.717, 1.165) is 6.34 Å². The molecule has 7 nitrogen and oxygen atoms in total. The van der Waals surface area contributed by atoms with Crippen LogP contribution in [-0.4, -0.2) is 12.3 Å². The number of hydrogen-bond donors (Lipinski definition) is 3. The standard InChI is InChI=1S/C2H7N7/c3-2(8-5)9-7-1-6-4/h1H,4-5H2,(H2,3,8)/b6-1+,9-7-. The van der Waals surface area contributed by atoms with E-state index in [0.29, 0.717) is 0 Å². The van der Waals surface area contributed by atoms with Gasteiger partial charge in [0.1, 0.15) is 0 Å². The predicted molar refractivity (Wildman–Crippen MR) is 33.3 cm³/mol. The van der Waals surface area contributed by atoms with E-state index < -0.39 is 0 Å². The van der Waals surface area contributed by atoms with Crippen LogP contribution in [0.3, 0.4) is 0 Å². The zero-order valence-electron chi connectivity index (χ0n) is 4.60. The summed E-state index contributed by atoms with van der Waals surface area (Å²) >= 11 is 0. The van der Waals surface area contributed by atoms with Crippen molar-refractivity contribution in [1.82, 2.24) is 0 Å². The van der Waals surface area contributed by atoms with E-state index in [1.165, 1.54) is 0 Å². The SMILES string of the molecule is N/N=C/N=N\C(N)=N\N. The lowest BCUT2D eigenvalue weighted by Crippen LogP contribution is -2.09. The second-order valence-electron chi connectivity index (χ2n) is 0.967. The monoisotopic (exact) mass is 129 g/mol. The van der Waals surface area contributed by atoms with Crippen molar-refractivity contribution in [2.24, 2.45) is 37.9 Å². The molecule has 7 heteroatoms. The first-order valence-electron chi connectivity index (χ1n) is 1.97. The van der Waals surface area contributed by atoms with Crippen molar-refractivity contribution >= 4 is 12.3 Å². The van der Waals surface area contributed by atoms with Crippen molar-refractivity contribution in [2.45, 2.75) is 0 Å². The van der Waals surface area contributed by atoms with Crippen LogP contribution in [0, 0.1) is 0 Å². The van der Waals surface area contributed by atoms with Gasteiger partial charge < -0.3 is 17.4 Å². The van der Waals surface area contributed by atoms with E-state index in [1.807, 2.05) is 0 Å². The summed E-state index contributed by atoms with van der Waals surface area (Å²) < 4.78 is 0. The van der Waals surface area contributed by atoms with Crippen LogP contribution in [-0.2, 0) is 0 Å². The number of hydrazone groups is 2. The molecule has 0 aromatic rings. The highest BCUT2D eigenvalue weighted by Crippen LogP contribution is 1.68. The van der Waals surface area contributed by atoms with Crippen molar-refractivity contribution in [1.29, 1.82) is 0 Å². The number of nitrogens with zero attached hydrogens (tertiary/aromatic N) is 4. The smallest absolute Gasteiger partial charge is 0.256 e. The maximum atomic E-state index is 4.98. The number of azo groups is 1. The first-order chi connectivity index (χ1) is 4.31. The molecule has 0 unspecified atom stereocenters. The van der Waals surface area contributed by atoms with Crippen LogP contribution in [0.2, 0.25) is 0 Å². The van der Waals surface area contributed by atoms with Crippen LogP contribution in [0.4, 0.5) is 0 Å². The molecule has 0 heterocycles. The van der Waals surface area contributed by atoms with Gasteiger partial charge in [0, 0.05) is 0 Å². The molecule has 0 amide bonds. The predicted octanol–water partition coefficient (Wildman–Crippen LogP) is -1.47. The van der Waals surface area contributed by atoms with Crippen LogP contribution < -0.4 is 17.4 Å². The molecule has 0 spiro atoms. The minimum absolute atomic E-state index is 0.130. The first kappa shape index (κ1) is 7.34. The zero-order chi connectivity index (χ0) is 7.11. The molecule has 50 valence electrons. The summed E-state index contributed by atoms with van der Waals surface area (Å²) in [5, 5.41) is 12.5. The van der Waals surface area contributed by atoms with Gasteiger partial charge in [0.15, 0.2) is 6.34 Å². The molecule has 0 saturated heterocycles. The van der Waals surface area contributed by atoms with Gasteiger partial charge in [0.2, 0.25) is 0 Å². The van der Waals surface area contributed by atoms with Crippen LogP contribution in [0.1, 0.15) is 0 Å².